The third-order valence-electron chi connectivity index (χ3n) is 7.85. The molecule has 41 heavy (non-hydrogen) atoms. The van der Waals surface area contributed by atoms with Gasteiger partial charge in [0.15, 0.2) is 0 Å². The van der Waals surface area contributed by atoms with Gasteiger partial charge in [0.1, 0.15) is 0 Å². The van der Waals surface area contributed by atoms with Gasteiger partial charge < -0.3 is 9.47 Å². The number of nitrogens with zero attached hydrogens (tertiary/aromatic N) is 2. The molecule has 1 aliphatic rings. The Hall–Kier alpha value is -3.72. The fourth-order valence-electron chi connectivity index (χ4n) is 5.67. The van der Waals surface area contributed by atoms with E-state index in [4.69, 9.17) is 9.47 Å². The second-order valence-electron chi connectivity index (χ2n) is 10.3. The van der Waals surface area contributed by atoms with Gasteiger partial charge in [-0.2, -0.15) is 0 Å². The summed E-state index contributed by atoms with van der Waals surface area (Å²) in [5.74, 6) is -0.188. The molecule has 0 saturated carbocycles. The standard InChI is InChI=1S/C33H36N2O5S/c1-3-26-22-34(18-19-40-24-25-12-6-4-7-13-25)32(20-27(26)21-33(36)39-2)30-23-35(31-17-11-10-16-29(30)31)41(37,38)28-14-8-5-9-15-28/h4-17,21,23,26,32H,3,18-20,22,24H2,1-2H3/b27-21-/t26-,32-/m0/s1. The fourth-order valence-corrected chi connectivity index (χ4v) is 7.07. The van der Waals surface area contributed by atoms with E-state index in [-0.39, 0.29) is 22.8 Å². The average Bonchev–Trinajstić information content (AvgIpc) is 3.41. The number of fused-ring (bicyclic) bond motifs is 1. The van der Waals surface area contributed by atoms with Crippen molar-refractivity contribution < 1.29 is 22.7 Å². The predicted molar refractivity (Wildman–Crippen MR) is 160 cm³/mol. The van der Waals surface area contributed by atoms with E-state index in [0.717, 1.165) is 35.1 Å². The molecule has 1 saturated heterocycles. The quantitative estimate of drug-likeness (QED) is 0.132. The second kappa shape index (κ2) is 12.9. The third kappa shape index (κ3) is 6.30. The van der Waals surface area contributed by atoms with Crippen molar-refractivity contribution in [3.05, 3.63) is 114 Å². The molecule has 7 nitrogen and oxygen atoms in total. The Bertz CT molecular complexity index is 1610. The van der Waals surface area contributed by atoms with Crippen LogP contribution in [0.15, 0.2) is 108 Å². The first-order valence-electron chi connectivity index (χ1n) is 14.0. The van der Waals surface area contributed by atoms with Gasteiger partial charge in [-0.15, -0.1) is 0 Å². The summed E-state index contributed by atoms with van der Waals surface area (Å²) in [5.41, 5.74) is 3.68. The maximum Gasteiger partial charge on any atom is 0.330 e. The minimum Gasteiger partial charge on any atom is -0.466 e. The van der Waals surface area contributed by atoms with E-state index in [1.165, 1.54) is 11.1 Å². The molecule has 214 valence electrons. The second-order valence-corrected chi connectivity index (χ2v) is 12.1. The van der Waals surface area contributed by atoms with Crippen LogP contribution >= 0.6 is 0 Å². The minimum atomic E-state index is -3.82. The highest BCUT2D eigenvalue weighted by atomic mass is 32.2. The van der Waals surface area contributed by atoms with Crippen molar-refractivity contribution >= 4 is 26.9 Å². The topological polar surface area (TPSA) is 77.8 Å². The molecule has 0 unspecified atom stereocenters. The fraction of sp³-hybridized carbons (Fsp3) is 0.303. The van der Waals surface area contributed by atoms with Gasteiger partial charge in [-0.05, 0) is 48.1 Å². The smallest absolute Gasteiger partial charge is 0.330 e. The molecule has 1 aliphatic heterocycles. The lowest BCUT2D eigenvalue weighted by atomic mass is 9.82. The number of aromatic nitrogens is 1. The summed E-state index contributed by atoms with van der Waals surface area (Å²) in [6.45, 7) is 4.57. The summed E-state index contributed by atoms with van der Waals surface area (Å²) in [4.78, 5) is 14.9. The van der Waals surface area contributed by atoms with Crippen molar-refractivity contribution in [2.75, 3.05) is 26.8 Å². The van der Waals surface area contributed by atoms with E-state index in [0.29, 0.717) is 31.7 Å². The SMILES string of the molecule is CC[C@H]1CN(CCOCc2ccccc2)[C@H](c2cn(S(=O)(=O)c3ccccc3)c3ccccc23)C/C1=C/C(=O)OC. The van der Waals surface area contributed by atoms with Crippen LogP contribution in [0.4, 0.5) is 0 Å². The molecule has 1 fully saturated rings. The van der Waals surface area contributed by atoms with Gasteiger partial charge >= 0.3 is 5.97 Å². The number of esters is 1. The van der Waals surface area contributed by atoms with Crippen molar-refractivity contribution in [3.8, 4) is 0 Å². The number of piperidine rings is 1. The van der Waals surface area contributed by atoms with E-state index in [1.807, 2.05) is 54.6 Å². The lowest BCUT2D eigenvalue weighted by molar-refractivity contribution is -0.135. The van der Waals surface area contributed by atoms with Gasteiger partial charge in [-0.3, -0.25) is 4.90 Å². The van der Waals surface area contributed by atoms with Crippen molar-refractivity contribution in [1.82, 2.24) is 8.87 Å². The Morgan fingerprint density at radius 3 is 2.37 bits per heavy atom. The van der Waals surface area contributed by atoms with Crippen molar-refractivity contribution in [2.45, 2.75) is 37.3 Å². The first-order valence-corrected chi connectivity index (χ1v) is 15.4. The van der Waals surface area contributed by atoms with Crippen LogP contribution in [0.1, 0.15) is 36.9 Å². The highest BCUT2D eigenvalue weighted by molar-refractivity contribution is 7.90. The monoisotopic (exact) mass is 572 g/mol. The summed E-state index contributed by atoms with van der Waals surface area (Å²) >= 11 is 0. The van der Waals surface area contributed by atoms with Crippen molar-refractivity contribution in [2.24, 2.45) is 5.92 Å². The number of carbonyl (C=O) groups excluding carboxylic acids is 1. The zero-order chi connectivity index (χ0) is 28.8. The number of benzene rings is 3. The average molecular weight is 573 g/mol. The molecular weight excluding hydrogens is 536 g/mol. The van der Waals surface area contributed by atoms with Crippen LogP contribution in [0.3, 0.4) is 0 Å². The summed E-state index contributed by atoms with van der Waals surface area (Å²) in [7, 11) is -2.43. The van der Waals surface area contributed by atoms with Gasteiger partial charge in [-0.1, -0.05) is 79.2 Å². The van der Waals surface area contributed by atoms with E-state index < -0.39 is 10.0 Å². The summed E-state index contributed by atoms with van der Waals surface area (Å²) in [5, 5.41) is 0.875. The molecule has 2 heterocycles. The van der Waals surface area contributed by atoms with Crippen LogP contribution in [0.2, 0.25) is 0 Å². The zero-order valence-electron chi connectivity index (χ0n) is 23.5. The van der Waals surface area contributed by atoms with Crippen LogP contribution in [-0.2, 0) is 30.9 Å². The number of para-hydroxylation sites is 1. The maximum atomic E-state index is 13.8. The number of carbonyl (C=O) groups is 1. The van der Waals surface area contributed by atoms with Gasteiger partial charge in [0, 0.05) is 36.8 Å². The lowest BCUT2D eigenvalue weighted by Gasteiger charge is -2.41. The number of hydrogen-bond donors (Lipinski definition) is 0. The van der Waals surface area contributed by atoms with E-state index in [1.54, 1.807) is 42.6 Å². The highest BCUT2D eigenvalue weighted by Gasteiger charge is 2.35. The van der Waals surface area contributed by atoms with E-state index in [9.17, 15) is 13.2 Å². The molecule has 0 N–H and O–H groups in total. The van der Waals surface area contributed by atoms with E-state index in [2.05, 4.69) is 11.8 Å². The summed E-state index contributed by atoms with van der Waals surface area (Å²) < 4.78 is 40.0. The molecule has 0 bridgehead atoms. The number of rotatable bonds is 10. The molecular formula is C33H36N2O5S. The molecule has 0 radical (unpaired) electrons. The number of ether oxygens (including phenoxy) is 2. The van der Waals surface area contributed by atoms with E-state index >= 15 is 0 Å². The van der Waals surface area contributed by atoms with Crippen LogP contribution in [-0.4, -0.2) is 50.1 Å². The normalized spacial score (nSPS) is 19.0. The van der Waals surface area contributed by atoms with Crippen LogP contribution in [0.5, 0.6) is 0 Å². The number of hydrogen-bond acceptors (Lipinski definition) is 6. The number of methoxy groups -OCH3 is 1. The van der Waals surface area contributed by atoms with Gasteiger partial charge in [0.2, 0.25) is 0 Å². The molecule has 8 heteroatoms. The Labute approximate surface area is 242 Å². The molecule has 0 spiro atoms. The molecule has 3 aromatic carbocycles. The molecule has 0 aliphatic carbocycles. The molecule has 1 aromatic heterocycles. The van der Waals surface area contributed by atoms with Crippen molar-refractivity contribution in [1.29, 1.82) is 0 Å². The number of likely N-dealkylation sites (tertiary alicyclic amines) is 1. The first kappa shape index (κ1) is 28.8. The molecule has 5 rings (SSSR count). The van der Waals surface area contributed by atoms with Crippen molar-refractivity contribution in [3.63, 3.8) is 0 Å². The Kier molecular flexibility index (Phi) is 9.03. The van der Waals surface area contributed by atoms with Crippen LogP contribution in [0.25, 0.3) is 10.9 Å². The lowest BCUT2D eigenvalue weighted by Crippen LogP contribution is -2.41. The van der Waals surface area contributed by atoms with Gasteiger partial charge in [0.05, 0.1) is 30.7 Å². The largest absolute Gasteiger partial charge is 0.466 e. The van der Waals surface area contributed by atoms with Crippen LogP contribution in [0, 0.1) is 5.92 Å². The molecule has 4 aromatic rings. The van der Waals surface area contributed by atoms with Crippen LogP contribution < -0.4 is 0 Å². The Balaban J connectivity index is 1.52. The minimum absolute atomic E-state index is 0.147. The Morgan fingerprint density at radius 2 is 1.66 bits per heavy atom. The first-order chi connectivity index (χ1) is 19.9. The predicted octanol–water partition coefficient (Wildman–Crippen LogP) is 5.97. The van der Waals surface area contributed by atoms with Gasteiger partial charge in [0.25, 0.3) is 10.0 Å². The van der Waals surface area contributed by atoms with Gasteiger partial charge in [-0.25, -0.2) is 17.2 Å². The maximum absolute atomic E-state index is 13.8. The third-order valence-corrected chi connectivity index (χ3v) is 9.54. The molecule has 2 atom stereocenters. The highest BCUT2D eigenvalue weighted by Crippen LogP contribution is 2.41. The Morgan fingerprint density at radius 1 is 0.976 bits per heavy atom. The summed E-state index contributed by atoms with van der Waals surface area (Å²) in [6.07, 6.45) is 4.84. The molecule has 0 amide bonds. The summed E-state index contributed by atoms with van der Waals surface area (Å²) in [6, 6.07) is 26.0. The zero-order valence-corrected chi connectivity index (χ0v) is 24.3.